The minimum Gasteiger partial charge on any atom is -0.450 e. The first-order valence-electron chi connectivity index (χ1n) is 9.74. The van der Waals surface area contributed by atoms with Crippen LogP contribution in [-0.2, 0) is 9.53 Å². The topological polar surface area (TPSA) is 82.2 Å². The quantitative estimate of drug-likeness (QED) is 0.765. The van der Waals surface area contributed by atoms with Gasteiger partial charge in [0.15, 0.2) is 0 Å². The number of ether oxygens (including phenoxy) is 1. The predicted molar refractivity (Wildman–Crippen MR) is 95.4 cm³/mol. The summed E-state index contributed by atoms with van der Waals surface area (Å²) in [5.41, 5.74) is -0.774. The van der Waals surface area contributed by atoms with E-state index in [0.717, 1.165) is 25.7 Å². The number of amides is 4. The molecule has 2 aliphatic heterocycles. The Kier molecular flexibility index (Phi) is 5.70. The number of urea groups is 1. The van der Waals surface area contributed by atoms with E-state index in [4.69, 9.17) is 4.74 Å². The Labute approximate surface area is 154 Å². The molecule has 1 aliphatic carbocycles. The minimum atomic E-state index is -0.774. The molecule has 4 amide bonds. The number of hydrogen-bond donors (Lipinski definition) is 1. The van der Waals surface area contributed by atoms with Crippen LogP contribution >= 0.6 is 0 Å². The van der Waals surface area contributed by atoms with Crippen LogP contribution in [0.2, 0.25) is 0 Å². The molecule has 0 bridgehead atoms. The lowest BCUT2D eigenvalue weighted by Crippen LogP contribution is -2.54. The molecule has 2 saturated heterocycles. The van der Waals surface area contributed by atoms with Crippen LogP contribution in [0.4, 0.5) is 9.59 Å². The fourth-order valence-electron chi connectivity index (χ4n) is 4.29. The van der Waals surface area contributed by atoms with Crippen LogP contribution in [0, 0.1) is 5.92 Å². The Bertz CT molecular complexity index is 555. The van der Waals surface area contributed by atoms with Crippen molar-refractivity contribution in [3.63, 3.8) is 0 Å². The monoisotopic (exact) mass is 366 g/mol. The van der Waals surface area contributed by atoms with Crippen molar-refractivity contribution in [1.29, 1.82) is 0 Å². The summed E-state index contributed by atoms with van der Waals surface area (Å²) in [4.78, 5) is 42.3. The van der Waals surface area contributed by atoms with Crippen LogP contribution in [-0.4, -0.2) is 77.7 Å². The molecule has 1 N–H and O–H groups in total. The summed E-state index contributed by atoms with van der Waals surface area (Å²) >= 11 is 0. The molecule has 3 fully saturated rings. The molecule has 0 unspecified atom stereocenters. The SMILES string of the molecule is CCOC(=O)N1CCN(CN2C(=O)N[C@@](C)(C3CCCCC3)C2=O)CC1. The van der Waals surface area contributed by atoms with Crippen LogP contribution in [0.3, 0.4) is 0 Å². The van der Waals surface area contributed by atoms with E-state index < -0.39 is 5.54 Å². The van der Waals surface area contributed by atoms with Crippen molar-refractivity contribution >= 4 is 18.0 Å². The van der Waals surface area contributed by atoms with Gasteiger partial charge in [-0.2, -0.15) is 0 Å². The molecule has 1 atom stereocenters. The van der Waals surface area contributed by atoms with Crippen molar-refractivity contribution in [2.45, 2.75) is 51.5 Å². The van der Waals surface area contributed by atoms with E-state index in [0.29, 0.717) is 32.8 Å². The summed E-state index contributed by atoms with van der Waals surface area (Å²) in [6.45, 7) is 6.64. The molecule has 8 nitrogen and oxygen atoms in total. The van der Waals surface area contributed by atoms with Crippen molar-refractivity contribution in [1.82, 2.24) is 20.0 Å². The average molecular weight is 366 g/mol. The maximum Gasteiger partial charge on any atom is 0.409 e. The van der Waals surface area contributed by atoms with Gasteiger partial charge in [-0.05, 0) is 32.6 Å². The zero-order valence-electron chi connectivity index (χ0n) is 15.8. The normalized spacial score (nSPS) is 28.4. The molecule has 0 aromatic heterocycles. The Balaban J connectivity index is 1.56. The second-order valence-electron chi connectivity index (χ2n) is 7.65. The van der Waals surface area contributed by atoms with Crippen molar-refractivity contribution in [2.24, 2.45) is 5.92 Å². The predicted octanol–water partition coefficient (Wildman–Crippen LogP) is 1.61. The molecule has 146 valence electrons. The smallest absolute Gasteiger partial charge is 0.409 e. The molecular weight excluding hydrogens is 336 g/mol. The molecule has 0 aromatic rings. The summed E-state index contributed by atoms with van der Waals surface area (Å²) in [6.07, 6.45) is 5.15. The van der Waals surface area contributed by atoms with Gasteiger partial charge in [-0.25, -0.2) is 14.5 Å². The molecule has 26 heavy (non-hydrogen) atoms. The highest BCUT2D eigenvalue weighted by Gasteiger charge is 2.52. The van der Waals surface area contributed by atoms with Gasteiger partial charge in [-0.15, -0.1) is 0 Å². The highest BCUT2D eigenvalue weighted by atomic mass is 16.6. The van der Waals surface area contributed by atoms with Crippen molar-refractivity contribution in [3.05, 3.63) is 0 Å². The molecule has 0 aromatic carbocycles. The van der Waals surface area contributed by atoms with Gasteiger partial charge in [0.05, 0.1) is 13.3 Å². The lowest BCUT2D eigenvalue weighted by atomic mass is 9.75. The molecular formula is C18H30N4O4. The van der Waals surface area contributed by atoms with E-state index in [9.17, 15) is 14.4 Å². The van der Waals surface area contributed by atoms with Crippen LogP contribution in [0.1, 0.15) is 46.0 Å². The van der Waals surface area contributed by atoms with Crippen LogP contribution in [0.5, 0.6) is 0 Å². The van der Waals surface area contributed by atoms with E-state index >= 15 is 0 Å². The Morgan fingerprint density at radius 2 is 1.81 bits per heavy atom. The molecule has 8 heteroatoms. The Morgan fingerprint density at radius 3 is 2.42 bits per heavy atom. The lowest BCUT2D eigenvalue weighted by molar-refractivity contribution is -0.134. The number of carbonyl (C=O) groups is 3. The zero-order valence-corrected chi connectivity index (χ0v) is 15.8. The third kappa shape index (κ3) is 3.65. The van der Waals surface area contributed by atoms with E-state index in [-0.39, 0.29) is 30.6 Å². The first-order valence-corrected chi connectivity index (χ1v) is 9.74. The number of imide groups is 1. The zero-order chi connectivity index (χ0) is 18.7. The number of nitrogens with one attached hydrogen (secondary N) is 1. The average Bonchev–Trinajstić information content (AvgIpc) is 2.87. The van der Waals surface area contributed by atoms with Gasteiger partial charge in [0.25, 0.3) is 5.91 Å². The standard InChI is InChI=1S/C18H30N4O4/c1-3-26-17(25)21-11-9-20(10-12-21)13-22-15(23)18(2,19-16(22)24)14-7-5-4-6-8-14/h14H,3-13H2,1-2H3,(H,19,24)/t18-/m0/s1. The first kappa shape index (κ1) is 18.9. The van der Waals surface area contributed by atoms with Crippen LogP contribution in [0.15, 0.2) is 0 Å². The maximum atomic E-state index is 13.0. The van der Waals surface area contributed by atoms with E-state index in [1.54, 1.807) is 11.8 Å². The van der Waals surface area contributed by atoms with Gasteiger partial charge in [-0.3, -0.25) is 9.69 Å². The van der Waals surface area contributed by atoms with E-state index in [1.807, 2.05) is 11.8 Å². The van der Waals surface area contributed by atoms with Crippen LogP contribution < -0.4 is 5.32 Å². The van der Waals surface area contributed by atoms with Gasteiger partial charge in [-0.1, -0.05) is 19.3 Å². The number of carbonyl (C=O) groups excluding carboxylic acids is 3. The number of piperazine rings is 1. The Morgan fingerprint density at radius 1 is 1.15 bits per heavy atom. The number of rotatable bonds is 4. The number of nitrogens with zero attached hydrogens (tertiary/aromatic N) is 3. The fourth-order valence-corrected chi connectivity index (χ4v) is 4.29. The first-order chi connectivity index (χ1) is 12.5. The molecule has 0 spiro atoms. The highest BCUT2D eigenvalue weighted by molar-refractivity contribution is 6.07. The van der Waals surface area contributed by atoms with Crippen molar-refractivity contribution in [3.8, 4) is 0 Å². The summed E-state index contributed by atoms with van der Waals surface area (Å²) in [5, 5.41) is 2.96. The molecule has 0 radical (unpaired) electrons. The van der Waals surface area contributed by atoms with Gasteiger partial charge < -0.3 is 15.0 Å². The number of hydrogen-bond acceptors (Lipinski definition) is 5. The van der Waals surface area contributed by atoms with Gasteiger partial charge in [0, 0.05) is 26.2 Å². The highest BCUT2D eigenvalue weighted by Crippen LogP contribution is 2.36. The molecule has 3 aliphatic rings. The summed E-state index contributed by atoms with van der Waals surface area (Å²) in [5.74, 6) is 0.112. The fraction of sp³-hybridized carbons (Fsp3) is 0.833. The summed E-state index contributed by atoms with van der Waals surface area (Å²) in [6, 6.07) is -0.295. The minimum absolute atomic E-state index is 0.109. The largest absolute Gasteiger partial charge is 0.450 e. The van der Waals surface area contributed by atoms with Gasteiger partial charge in [0.1, 0.15) is 5.54 Å². The van der Waals surface area contributed by atoms with E-state index in [2.05, 4.69) is 5.32 Å². The van der Waals surface area contributed by atoms with Crippen molar-refractivity contribution in [2.75, 3.05) is 39.5 Å². The van der Waals surface area contributed by atoms with Crippen LogP contribution in [0.25, 0.3) is 0 Å². The Hall–Kier alpha value is -1.83. The molecule has 2 heterocycles. The van der Waals surface area contributed by atoms with E-state index in [1.165, 1.54) is 11.3 Å². The molecule has 1 saturated carbocycles. The third-order valence-electron chi connectivity index (χ3n) is 5.96. The second-order valence-corrected chi connectivity index (χ2v) is 7.65. The second kappa shape index (κ2) is 7.82. The van der Waals surface area contributed by atoms with Gasteiger partial charge in [0.2, 0.25) is 0 Å². The maximum absolute atomic E-state index is 13.0. The summed E-state index contributed by atoms with van der Waals surface area (Å²) < 4.78 is 5.02. The lowest BCUT2D eigenvalue weighted by Gasteiger charge is -2.36. The van der Waals surface area contributed by atoms with Gasteiger partial charge >= 0.3 is 12.1 Å². The summed E-state index contributed by atoms with van der Waals surface area (Å²) in [7, 11) is 0. The molecule has 3 rings (SSSR count). The van der Waals surface area contributed by atoms with Crippen molar-refractivity contribution < 1.29 is 19.1 Å². The third-order valence-corrected chi connectivity index (χ3v) is 5.96.